The van der Waals surface area contributed by atoms with Gasteiger partial charge >= 0.3 is 0 Å². The number of hydrogen-bond acceptors (Lipinski definition) is 2. The third-order valence-corrected chi connectivity index (χ3v) is 4.32. The van der Waals surface area contributed by atoms with E-state index in [1.165, 1.54) is 5.56 Å². The quantitative estimate of drug-likeness (QED) is 0.865. The van der Waals surface area contributed by atoms with Crippen molar-refractivity contribution in [3.05, 3.63) is 54.1 Å². The minimum atomic E-state index is 0.166. The molecule has 1 aliphatic rings. The van der Waals surface area contributed by atoms with Crippen molar-refractivity contribution >= 4 is 5.91 Å². The second-order valence-corrected chi connectivity index (χ2v) is 5.69. The second kappa shape index (κ2) is 6.12. The van der Waals surface area contributed by atoms with Crippen molar-refractivity contribution in [1.29, 1.82) is 0 Å². The Balaban J connectivity index is 1.65. The summed E-state index contributed by atoms with van der Waals surface area (Å²) in [6, 6.07) is 8.30. The maximum atomic E-state index is 12.6. The summed E-state index contributed by atoms with van der Waals surface area (Å²) in [5, 5.41) is 0. The summed E-state index contributed by atoms with van der Waals surface area (Å²) in [5.74, 6) is 0.166. The van der Waals surface area contributed by atoms with Crippen LogP contribution in [0.3, 0.4) is 0 Å². The van der Waals surface area contributed by atoms with Crippen LogP contribution in [0.15, 0.2) is 42.9 Å². The number of likely N-dealkylation sites (tertiary alicyclic amines) is 1. The molecule has 0 unspecified atom stereocenters. The molecule has 3 rings (SSSR count). The Bertz CT molecular complexity index is 606. The normalized spacial score (nSPS) is 18.1. The number of carbonyl (C=O) groups is 1. The highest BCUT2D eigenvalue weighted by molar-refractivity contribution is 5.93. The van der Waals surface area contributed by atoms with Crippen molar-refractivity contribution in [2.75, 3.05) is 6.54 Å². The number of aromatic nitrogens is 2. The third-order valence-electron chi connectivity index (χ3n) is 4.32. The first-order chi connectivity index (χ1) is 10.3. The van der Waals surface area contributed by atoms with Crippen molar-refractivity contribution < 1.29 is 4.79 Å². The Labute approximate surface area is 125 Å². The summed E-state index contributed by atoms with van der Waals surface area (Å²) in [6.45, 7) is 0.880. The zero-order valence-corrected chi connectivity index (χ0v) is 12.4. The van der Waals surface area contributed by atoms with Gasteiger partial charge in [0.05, 0.1) is 0 Å². The Hall–Kier alpha value is -2.10. The lowest BCUT2D eigenvalue weighted by Gasteiger charge is -2.25. The van der Waals surface area contributed by atoms with Crippen molar-refractivity contribution in [3.63, 3.8) is 0 Å². The minimum Gasteiger partial charge on any atom is -0.347 e. The molecule has 3 heterocycles. The first-order valence-corrected chi connectivity index (χ1v) is 7.57. The maximum absolute atomic E-state index is 12.6. The van der Waals surface area contributed by atoms with Crippen LogP contribution < -0.4 is 0 Å². The molecule has 1 saturated heterocycles. The fourth-order valence-electron chi connectivity index (χ4n) is 3.12. The van der Waals surface area contributed by atoms with Crippen LogP contribution in [0, 0.1) is 0 Å². The molecule has 0 saturated carbocycles. The van der Waals surface area contributed by atoms with Gasteiger partial charge in [-0.05, 0) is 55.5 Å². The molecule has 0 aliphatic carbocycles. The Morgan fingerprint density at radius 3 is 2.86 bits per heavy atom. The number of carbonyl (C=O) groups excluding carboxylic acids is 1. The van der Waals surface area contributed by atoms with Gasteiger partial charge in [-0.1, -0.05) is 0 Å². The number of rotatable bonds is 4. The first kappa shape index (κ1) is 13.9. The van der Waals surface area contributed by atoms with Crippen molar-refractivity contribution in [3.8, 4) is 0 Å². The summed E-state index contributed by atoms with van der Waals surface area (Å²) in [5.41, 5.74) is 2.08. The fourth-order valence-corrected chi connectivity index (χ4v) is 3.12. The molecule has 1 atom stereocenters. The Morgan fingerprint density at radius 1 is 1.33 bits per heavy atom. The van der Waals surface area contributed by atoms with Crippen LogP contribution >= 0.6 is 0 Å². The van der Waals surface area contributed by atoms with Crippen molar-refractivity contribution in [2.45, 2.75) is 31.7 Å². The van der Waals surface area contributed by atoms with E-state index in [2.05, 4.69) is 22.0 Å². The molecule has 4 heteroatoms. The average molecular weight is 283 g/mol. The third kappa shape index (κ3) is 2.99. The Kier molecular flexibility index (Phi) is 4.04. The lowest BCUT2D eigenvalue weighted by Crippen LogP contribution is -2.36. The second-order valence-electron chi connectivity index (χ2n) is 5.69. The van der Waals surface area contributed by atoms with Gasteiger partial charge in [-0.15, -0.1) is 0 Å². The zero-order valence-electron chi connectivity index (χ0n) is 12.4. The van der Waals surface area contributed by atoms with Crippen LogP contribution in [0.25, 0.3) is 0 Å². The van der Waals surface area contributed by atoms with Gasteiger partial charge in [-0.3, -0.25) is 9.78 Å². The van der Waals surface area contributed by atoms with E-state index in [0.717, 1.165) is 37.9 Å². The summed E-state index contributed by atoms with van der Waals surface area (Å²) >= 11 is 0. The molecule has 0 aromatic carbocycles. The van der Waals surface area contributed by atoms with E-state index in [-0.39, 0.29) is 5.91 Å². The number of pyridine rings is 1. The molecule has 0 radical (unpaired) electrons. The predicted molar refractivity (Wildman–Crippen MR) is 82.0 cm³/mol. The van der Waals surface area contributed by atoms with Crippen molar-refractivity contribution in [1.82, 2.24) is 14.5 Å². The lowest BCUT2D eigenvalue weighted by atomic mass is 10.0. The van der Waals surface area contributed by atoms with Gasteiger partial charge in [-0.25, -0.2) is 0 Å². The van der Waals surface area contributed by atoms with E-state index in [4.69, 9.17) is 0 Å². The molecule has 2 aromatic heterocycles. The van der Waals surface area contributed by atoms with Crippen LogP contribution in [0.1, 0.15) is 35.3 Å². The molecular weight excluding hydrogens is 262 g/mol. The van der Waals surface area contributed by atoms with E-state index in [1.807, 2.05) is 42.3 Å². The number of nitrogens with zero attached hydrogens (tertiary/aromatic N) is 3. The van der Waals surface area contributed by atoms with Gasteiger partial charge in [0.25, 0.3) is 5.91 Å². The lowest BCUT2D eigenvalue weighted by molar-refractivity contribution is 0.0721. The minimum absolute atomic E-state index is 0.166. The molecule has 1 fully saturated rings. The highest BCUT2D eigenvalue weighted by Crippen LogP contribution is 2.24. The van der Waals surface area contributed by atoms with Crippen LogP contribution in [-0.2, 0) is 13.5 Å². The maximum Gasteiger partial charge on any atom is 0.270 e. The van der Waals surface area contributed by atoms with E-state index in [1.54, 1.807) is 0 Å². The van der Waals surface area contributed by atoms with Crippen molar-refractivity contribution in [2.24, 2.45) is 7.05 Å². The standard InChI is InChI=1S/C17H21N3O/c1-19-12-3-5-16(19)17(21)20-13-2-4-15(20)7-6-14-8-10-18-11-9-14/h3,5,8-12,15H,2,4,6-7,13H2,1H3/t15-/m0/s1. The monoisotopic (exact) mass is 283 g/mol. The highest BCUT2D eigenvalue weighted by atomic mass is 16.2. The molecule has 1 amide bonds. The van der Waals surface area contributed by atoms with Gasteiger partial charge in [0.15, 0.2) is 0 Å². The summed E-state index contributed by atoms with van der Waals surface area (Å²) in [6.07, 6.45) is 9.84. The zero-order chi connectivity index (χ0) is 14.7. The van der Waals surface area contributed by atoms with Crippen LogP contribution in [-0.4, -0.2) is 32.9 Å². The summed E-state index contributed by atoms with van der Waals surface area (Å²) < 4.78 is 1.90. The highest BCUT2D eigenvalue weighted by Gasteiger charge is 2.29. The van der Waals surface area contributed by atoms with Gasteiger partial charge in [0.2, 0.25) is 0 Å². The van der Waals surface area contributed by atoms with E-state index >= 15 is 0 Å². The van der Waals surface area contributed by atoms with E-state index in [9.17, 15) is 4.79 Å². The van der Waals surface area contributed by atoms with Crippen LogP contribution in [0.4, 0.5) is 0 Å². The largest absolute Gasteiger partial charge is 0.347 e. The first-order valence-electron chi connectivity index (χ1n) is 7.57. The molecule has 0 N–H and O–H groups in total. The molecule has 21 heavy (non-hydrogen) atoms. The molecule has 0 spiro atoms. The predicted octanol–water partition coefficient (Wildman–Crippen LogP) is 2.66. The number of amides is 1. The van der Waals surface area contributed by atoms with Gasteiger partial charge in [0.1, 0.15) is 5.69 Å². The van der Waals surface area contributed by atoms with Gasteiger partial charge < -0.3 is 9.47 Å². The number of hydrogen-bond donors (Lipinski definition) is 0. The topological polar surface area (TPSA) is 38.1 Å². The molecular formula is C17H21N3O. The molecule has 1 aliphatic heterocycles. The molecule has 0 bridgehead atoms. The van der Waals surface area contributed by atoms with E-state index < -0.39 is 0 Å². The van der Waals surface area contributed by atoms with Crippen LogP contribution in [0.2, 0.25) is 0 Å². The molecule has 110 valence electrons. The van der Waals surface area contributed by atoms with Gasteiger partial charge in [0, 0.05) is 38.2 Å². The summed E-state index contributed by atoms with van der Waals surface area (Å²) in [4.78, 5) is 18.7. The fraction of sp³-hybridized carbons (Fsp3) is 0.412. The average Bonchev–Trinajstić information content (AvgIpc) is 3.14. The van der Waals surface area contributed by atoms with Crippen LogP contribution in [0.5, 0.6) is 0 Å². The Morgan fingerprint density at radius 2 is 2.14 bits per heavy atom. The summed E-state index contributed by atoms with van der Waals surface area (Å²) in [7, 11) is 1.93. The number of aryl methyl sites for hydroxylation is 2. The van der Waals surface area contributed by atoms with Gasteiger partial charge in [-0.2, -0.15) is 0 Å². The SMILES string of the molecule is Cn1cccc1C(=O)N1CCC[C@H]1CCc1ccncc1. The smallest absolute Gasteiger partial charge is 0.270 e. The molecule has 4 nitrogen and oxygen atoms in total. The van der Waals surface area contributed by atoms with E-state index in [0.29, 0.717) is 6.04 Å². The molecule has 2 aromatic rings.